The number of hydrogen-bond donors (Lipinski definition) is 2. The zero-order valence-electron chi connectivity index (χ0n) is 15.1. The standard InChI is InChI=1S/C19H19N3O4S2/c1-2-27-18-10-7-15(12-20-18)22-19(23)14-5-8-17(9-6-14)28(24,25)21-13-16-4-3-11-26-16/h3-12,21H,2,13H2,1H3,(H,22,23). The predicted molar refractivity (Wildman–Crippen MR) is 108 cm³/mol. The van der Waals surface area contributed by atoms with Crippen LogP contribution in [0.4, 0.5) is 5.69 Å². The highest BCUT2D eigenvalue weighted by Crippen LogP contribution is 2.17. The number of amides is 1. The van der Waals surface area contributed by atoms with Crippen molar-refractivity contribution in [3.8, 4) is 0 Å². The minimum atomic E-state index is -3.70. The highest BCUT2D eigenvalue weighted by molar-refractivity contribution is 7.99. The van der Waals surface area contributed by atoms with Gasteiger partial charge in [-0.25, -0.2) is 18.1 Å². The van der Waals surface area contributed by atoms with E-state index in [9.17, 15) is 13.2 Å². The number of carbonyl (C=O) groups excluding carboxylic acids is 1. The summed E-state index contributed by atoms with van der Waals surface area (Å²) in [5.41, 5.74) is 0.916. The maximum atomic E-state index is 12.3. The molecule has 1 amide bonds. The van der Waals surface area contributed by atoms with Crippen molar-refractivity contribution in [1.29, 1.82) is 0 Å². The number of pyridine rings is 1. The molecule has 9 heteroatoms. The summed E-state index contributed by atoms with van der Waals surface area (Å²) in [6.07, 6.45) is 3.07. The summed E-state index contributed by atoms with van der Waals surface area (Å²) < 4.78 is 32.2. The van der Waals surface area contributed by atoms with Gasteiger partial charge >= 0.3 is 0 Å². The van der Waals surface area contributed by atoms with Gasteiger partial charge in [-0.05, 0) is 54.3 Å². The van der Waals surface area contributed by atoms with Crippen LogP contribution in [-0.2, 0) is 16.6 Å². The minimum Gasteiger partial charge on any atom is -0.468 e. The van der Waals surface area contributed by atoms with Gasteiger partial charge in [0.1, 0.15) is 5.76 Å². The number of nitrogens with one attached hydrogen (secondary N) is 2. The van der Waals surface area contributed by atoms with Gasteiger partial charge in [-0.15, -0.1) is 11.8 Å². The van der Waals surface area contributed by atoms with Crippen LogP contribution in [0.25, 0.3) is 0 Å². The summed E-state index contributed by atoms with van der Waals surface area (Å²) in [6, 6.07) is 12.7. The van der Waals surface area contributed by atoms with Crippen LogP contribution in [-0.4, -0.2) is 25.1 Å². The number of thioether (sulfide) groups is 1. The summed E-state index contributed by atoms with van der Waals surface area (Å²) >= 11 is 1.61. The molecule has 0 bridgehead atoms. The molecular weight excluding hydrogens is 398 g/mol. The maximum absolute atomic E-state index is 12.3. The molecule has 3 rings (SSSR count). The van der Waals surface area contributed by atoms with Gasteiger partial charge in [0.05, 0.1) is 34.6 Å². The molecule has 3 aromatic rings. The number of carbonyl (C=O) groups is 1. The normalized spacial score (nSPS) is 11.3. The van der Waals surface area contributed by atoms with Gasteiger partial charge in [-0.2, -0.15) is 0 Å². The van der Waals surface area contributed by atoms with Crippen molar-refractivity contribution in [1.82, 2.24) is 9.71 Å². The van der Waals surface area contributed by atoms with Gasteiger partial charge in [0, 0.05) is 5.56 Å². The number of aromatic nitrogens is 1. The highest BCUT2D eigenvalue weighted by Gasteiger charge is 2.15. The topological polar surface area (TPSA) is 101 Å². The fraction of sp³-hybridized carbons (Fsp3) is 0.158. The molecule has 28 heavy (non-hydrogen) atoms. The minimum absolute atomic E-state index is 0.0525. The summed E-state index contributed by atoms with van der Waals surface area (Å²) in [4.78, 5) is 16.7. The monoisotopic (exact) mass is 417 g/mol. The molecule has 2 heterocycles. The van der Waals surface area contributed by atoms with Crippen molar-refractivity contribution in [2.75, 3.05) is 11.1 Å². The third-order valence-corrected chi connectivity index (χ3v) is 5.97. The first-order valence-corrected chi connectivity index (χ1v) is 11.0. The Balaban J connectivity index is 1.63. The van der Waals surface area contributed by atoms with Crippen LogP contribution in [0.15, 0.2) is 75.3 Å². The summed E-state index contributed by atoms with van der Waals surface area (Å²) in [7, 11) is -3.70. The van der Waals surface area contributed by atoms with E-state index in [4.69, 9.17) is 4.42 Å². The number of anilines is 1. The number of sulfonamides is 1. The molecule has 0 aliphatic carbocycles. The fourth-order valence-corrected chi connectivity index (χ4v) is 3.92. The SMILES string of the molecule is CCSc1ccc(NC(=O)c2ccc(S(=O)(=O)NCc3ccco3)cc2)cn1. The molecule has 2 aromatic heterocycles. The van der Waals surface area contributed by atoms with Gasteiger partial charge in [-0.1, -0.05) is 6.92 Å². The molecule has 7 nitrogen and oxygen atoms in total. The lowest BCUT2D eigenvalue weighted by molar-refractivity contribution is 0.102. The van der Waals surface area contributed by atoms with Crippen LogP contribution in [0.3, 0.4) is 0 Å². The van der Waals surface area contributed by atoms with Crippen LogP contribution in [0.1, 0.15) is 23.0 Å². The van der Waals surface area contributed by atoms with E-state index in [0.29, 0.717) is 17.0 Å². The summed E-state index contributed by atoms with van der Waals surface area (Å²) in [5, 5.41) is 3.63. The molecule has 0 radical (unpaired) electrons. The lowest BCUT2D eigenvalue weighted by Crippen LogP contribution is -2.23. The van der Waals surface area contributed by atoms with Crippen molar-refractivity contribution in [3.05, 3.63) is 72.3 Å². The average molecular weight is 418 g/mol. The van der Waals surface area contributed by atoms with Gasteiger partial charge in [0.25, 0.3) is 5.91 Å². The Kier molecular flexibility index (Phi) is 6.50. The quantitative estimate of drug-likeness (QED) is 0.544. The fourth-order valence-electron chi connectivity index (χ4n) is 2.34. The largest absolute Gasteiger partial charge is 0.468 e. The van der Waals surface area contributed by atoms with Crippen LogP contribution in [0.5, 0.6) is 0 Å². The van der Waals surface area contributed by atoms with E-state index in [-0.39, 0.29) is 17.3 Å². The van der Waals surface area contributed by atoms with E-state index in [1.807, 2.05) is 13.0 Å². The molecule has 0 atom stereocenters. The Morgan fingerprint density at radius 1 is 1.14 bits per heavy atom. The first-order chi connectivity index (χ1) is 13.5. The number of furan rings is 1. The van der Waals surface area contributed by atoms with E-state index in [1.165, 1.54) is 30.5 Å². The van der Waals surface area contributed by atoms with E-state index in [0.717, 1.165) is 10.8 Å². The molecule has 1 aromatic carbocycles. The average Bonchev–Trinajstić information content (AvgIpc) is 3.22. The Labute approximate surface area is 167 Å². The maximum Gasteiger partial charge on any atom is 0.255 e. The molecule has 2 N–H and O–H groups in total. The van der Waals surface area contributed by atoms with Crippen molar-refractivity contribution in [3.63, 3.8) is 0 Å². The molecule has 0 aliphatic heterocycles. The number of nitrogens with zero attached hydrogens (tertiary/aromatic N) is 1. The van der Waals surface area contributed by atoms with Crippen LogP contribution in [0.2, 0.25) is 0 Å². The summed E-state index contributed by atoms with van der Waals surface area (Å²) in [5.74, 6) is 1.09. The van der Waals surface area contributed by atoms with Gasteiger partial charge < -0.3 is 9.73 Å². The lowest BCUT2D eigenvalue weighted by Gasteiger charge is -2.08. The molecule has 0 saturated heterocycles. The molecule has 0 unspecified atom stereocenters. The van der Waals surface area contributed by atoms with E-state index in [1.54, 1.807) is 36.2 Å². The Hall–Kier alpha value is -2.62. The van der Waals surface area contributed by atoms with Crippen molar-refractivity contribution >= 4 is 33.4 Å². The smallest absolute Gasteiger partial charge is 0.255 e. The van der Waals surface area contributed by atoms with Crippen molar-refractivity contribution in [2.24, 2.45) is 0 Å². The van der Waals surface area contributed by atoms with E-state index >= 15 is 0 Å². The second-order valence-corrected chi connectivity index (χ2v) is 8.75. The molecular formula is C19H19N3O4S2. The second-order valence-electron chi connectivity index (χ2n) is 5.70. The molecule has 146 valence electrons. The van der Waals surface area contributed by atoms with Crippen molar-refractivity contribution < 1.29 is 17.6 Å². The highest BCUT2D eigenvalue weighted by atomic mass is 32.2. The summed E-state index contributed by atoms with van der Waals surface area (Å²) in [6.45, 7) is 2.09. The van der Waals surface area contributed by atoms with Crippen LogP contribution < -0.4 is 10.0 Å². The first kappa shape index (κ1) is 20.1. The number of benzene rings is 1. The molecule has 0 aliphatic rings. The van der Waals surface area contributed by atoms with Gasteiger partial charge in [0.2, 0.25) is 10.0 Å². The molecule has 0 saturated carbocycles. The molecule has 0 fully saturated rings. The van der Waals surface area contributed by atoms with Gasteiger partial charge in [0.15, 0.2) is 0 Å². The van der Waals surface area contributed by atoms with Crippen LogP contribution >= 0.6 is 11.8 Å². The molecule has 0 spiro atoms. The Morgan fingerprint density at radius 2 is 1.93 bits per heavy atom. The van der Waals surface area contributed by atoms with Crippen molar-refractivity contribution in [2.45, 2.75) is 23.4 Å². The first-order valence-electron chi connectivity index (χ1n) is 8.50. The third-order valence-electron chi connectivity index (χ3n) is 3.73. The predicted octanol–water partition coefficient (Wildman–Crippen LogP) is 3.52. The Morgan fingerprint density at radius 3 is 2.54 bits per heavy atom. The second kappa shape index (κ2) is 9.05. The number of hydrogen-bond acceptors (Lipinski definition) is 6. The van der Waals surface area contributed by atoms with Gasteiger partial charge in [-0.3, -0.25) is 4.79 Å². The van der Waals surface area contributed by atoms with E-state index < -0.39 is 10.0 Å². The zero-order chi connectivity index (χ0) is 20.0. The number of rotatable bonds is 8. The third kappa shape index (κ3) is 5.22. The lowest BCUT2D eigenvalue weighted by atomic mass is 10.2. The van der Waals surface area contributed by atoms with E-state index in [2.05, 4.69) is 15.0 Å². The Bertz CT molecular complexity index is 1020. The zero-order valence-corrected chi connectivity index (χ0v) is 16.7. The van der Waals surface area contributed by atoms with Crippen LogP contribution in [0, 0.1) is 0 Å².